The number of aromatic carboxylic acids is 1. The van der Waals surface area contributed by atoms with Gasteiger partial charge in [-0.3, -0.25) is 4.98 Å². The number of methoxy groups -OCH3 is 1. The molecule has 0 aliphatic heterocycles. The van der Waals surface area contributed by atoms with Gasteiger partial charge in [0.05, 0.1) is 12.7 Å². The van der Waals surface area contributed by atoms with E-state index in [0.29, 0.717) is 16.9 Å². The molecule has 2 aromatic rings. The number of carboxylic acids is 1. The molecule has 18 heavy (non-hydrogen) atoms. The standard InChI is InChI=1S/C14H13NO3/c1-9-3-4-10(11(7-9)14(16)17)12-8-15-6-5-13(12)18-2/h3-8H,1-2H3,(H,16,17). The first-order chi connectivity index (χ1) is 8.63. The predicted octanol–water partition coefficient (Wildman–Crippen LogP) is 2.76. The van der Waals surface area contributed by atoms with Gasteiger partial charge in [-0.05, 0) is 19.1 Å². The average molecular weight is 243 g/mol. The van der Waals surface area contributed by atoms with Gasteiger partial charge >= 0.3 is 5.97 Å². The summed E-state index contributed by atoms with van der Waals surface area (Å²) >= 11 is 0. The molecule has 1 aromatic heterocycles. The summed E-state index contributed by atoms with van der Waals surface area (Å²) in [5.74, 6) is -0.351. The highest BCUT2D eigenvalue weighted by molar-refractivity contribution is 5.97. The third-order valence-electron chi connectivity index (χ3n) is 2.70. The van der Waals surface area contributed by atoms with Crippen LogP contribution in [0.5, 0.6) is 5.75 Å². The second-order valence-corrected chi connectivity index (χ2v) is 3.93. The Balaban J connectivity index is 2.67. The van der Waals surface area contributed by atoms with Gasteiger partial charge in [-0.1, -0.05) is 17.7 Å². The van der Waals surface area contributed by atoms with Crippen molar-refractivity contribution in [2.45, 2.75) is 6.92 Å². The molecule has 0 saturated carbocycles. The van der Waals surface area contributed by atoms with Crippen LogP contribution in [-0.4, -0.2) is 23.2 Å². The number of carboxylic acid groups (broad SMARTS) is 1. The largest absolute Gasteiger partial charge is 0.496 e. The van der Waals surface area contributed by atoms with Gasteiger partial charge in [-0.25, -0.2) is 4.79 Å². The number of aromatic nitrogens is 1. The monoisotopic (exact) mass is 243 g/mol. The third kappa shape index (κ3) is 2.18. The highest BCUT2D eigenvalue weighted by Crippen LogP contribution is 2.31. The first-order valence-corrected chi connectivity index (χ1v) is 5.46. The van der Waals surface area contributed by atoms with Crippen LogP contribution in [0.3, 0.4) is 0 Å². The van der Waals surface area contributed by atoms with Crippen LogP contribution in [0.2, 0.25) is 0 Å². The zero-order chi connectivity index (χ0) is 13.1. The highest BCUT2D eigenvalue weighted by Gasteiger charge is 2.15. The molecule has 1 N–H and O–H groups in total. The first-order valence-electron chi connectivity index (χ1n) is 5.46. The summed E-state index contributed by atoms with van der Waals surface area (Å²) in [6.45, 7) is 1.86. The molecule has 0 saturated heterocycles. The molecule has 2 rings (SSSR count). The second kappa shape index (κ2) is 4.87. The molecule has 0 radical (unpaired) electrons. The van der Waals surface area contributed by atoms with Gasteiger partial charge in [-0.2, -0.15) is 0 Å². The van der Waals surface area contributed by atoms with Gasteiger partial charge in [0.15, 0.2) is 0 Å². The SMILES string of the molecule is COc1ccncc1-c1ccc(C)cc1C(=O)O. The van der Waals surface area contributed by atoms with Gasteiger partial charge in [0.25, 0.3) is 0 Å². The van der Waals surface area contributed by atoms with Gasteiger partial charge in [0, 0.05) is 23.5 Å². The van der Waals surface area contributed by atoms with Crippen molar-refractivity contribution >= 4 is 5.97 Å². The normalized spacial score (nSPS) is 10.1. The lowest BCUT2D eigenvalue weighted by Crippen LogP contribution is -2.01. The molecule has 92 valence electrons. The van der Waals surface area contributed by atoms with Crippen molar-refractivity contribution in [3.05, 3.63) is 47.8 Å². The number of benzene rings is 1. The molecule has 0 amide bonds. The van der Waals surface area contributed by atoms with E-state index in [1.807, 2.05) is 13.0 Å². The zero-order valence-corrected chi connectivity index (χ0v) is 10.2. The number of carbonyl (C=O) groups is 1. The molecule has 0 aliphatic carbocycles. The van der Waals surface area contributed by atoms with Crippen LogP contribution >= 0.6 is 0 Å². The van der Waals surface area contributed by atoms with Crippen LogP contribution < -0.4 is 4.74 Å². The minimum atomic E-state index is -0.959. The van der Waals surface area contributed by atoms with Crippen molar-refractivity contribution in [2.24, 2.45) is 0 Å². The molecule has 0 aliphatic rings. The number of hydrogen-bond acceptors (Lipinski definition) is 3. The molecule has 1 heterocycles. The van der Waals surface area contributed by atoms with Crippen molar-refractivity contribution in [1.82, 2.24) is 4.98 Å². The van der Waals surface area contributed by atoms with Crippen LogP contribution in [0.15, 0.2) is 36.7 Å². The quantitative estimate of drug-likeness (QED) is 0.900. The number of hydrogen-bond donors (Lipinski definition) is 1. The molecule has 0 atom stereocenters. The van der Waals surface area contributed by atoms with Gasteiger partial charge in [0.2, 0.25) is 0 Å². The van der Waals surface area contributed by atoms with Crippen LogP contribution in [0, 0.1) is 6.92 Å². The summed E-state index contributed by atoms with van der Waals surface area (Å²) in [5, 5.41) is 9.25. The van der Waals surface area contributed by atoms with Crippen molar-refractivity contribution in [3.63, 3.8) is 0 Å². The van der Waals surface area contributed by atoms with Gasteiger partial charge in [-0.15, -0.1) is 0 Å². The lowest BCUT2D eigenvalue weighted by molar-refractivity contribution is 0.0697. The molecule has 0 bridgehead atoms. The van der Waals surface area contributed by atoms with E-state index < -0.39 is 5.97 Å². The maximum atomic E-state index is 11.3. The summed E-state index contributed by atoms with van der Waals surface area (Å²) in [7, 11) is 1.55. The maximum absolute atomic E-state index is 11.3. The van der Waals surface area contributed by atoms with Crippen molar-refractivity contribution < 1.29 is 14.6 Å². The molecular formula is C14H13NO3. The van der Waals surface area contributed by atoms with Crippen LogP contribution in [-0.2, 0) is 0 Å². The molecule has 1 aromatic carbocycles. The number of aryl methyl sites for hydroxylation is 1. The first kappa shape index (κ1) is 12.1. The fourth-order valence-corrected chi connectivity index (χ4v) is 1.83. The Morgan fingerprint density at radius 1 is 1.28 bits per heavy atom. The molecule has 4 nitrogen and oxygen atoms in total. The van der Waals surface area contributed by atoms with Crippen LogP contribution in [0.25, 0.3) is 11.1 Å². The Morgan fingerprint density at radius 3 is 2.72 bits per heavy atom. The van der Waals surface area contributed by atoms with E-state index in [1.54, 1.807) is 37.7 Å². The summed E-state index contributed by atoms with van der Waals surface area (Å²) < 4.78 is 5.23. The van der Waals surface area contributed by atoms with Crippen LogP contribution in [0.4, 0.5) is 0 Å². The Hall–Kier alpha value is -2.36. The number of ether oxygens (including phenoxy) is 1. The van der Waals surface area contributed by atoms with Gasteiger partial charge < -0.3 is 9.84 Å². The maximum Gasteiger partial charge on any atom is 0.336 e. The van der Waals surface area contributed by atoms with E-state index in [0.717, 1.165) is 5.56 Å². The Bertz CT molecular complexity index is 593. The van der Waals surface area contributed by atoms with Crippen molar-refractivity contribution in [1.29, 1.82) is 0 Å². The summed E-state index contributed by atoms with van der Waals surface area (Å²) in [6.07, 6.45) is 3.22. The lowest BCUT2D eigenvalue weighted by Gasteiger charge is -2.10. The fraction of sp³-hybridized carbons (Fsp3) is 0.143. The Morgan fingerprint density at radius 2 is 2.06 bits per heavy atom. The third-order valence-corrected chi connectivity index (χ3v) is 2.70. The van der Waals surface area contributed by atoms with E-state index in [4.69, 9.17) is 4.74 Å². The minimum absolute atomic E-state index is 0.251. The summed E-state index contributed by atoms with van der Waals surface area (Å²) in [6, 6.07) is 7.00. The minimum Gasteiger partial charge on any atom is -0.496 e. The molecule has 0 spiro atoms. The Labute approximate surface area is 105 Å². The number of pyridine rings is 1. The Kier molecular flexibility index (Phi) is 3.28. The summed E-state index contributed by atoms with van der Waals surface area (Å²) in [4.78, 5) is 15.3. The zero-order valence-electron chi connectivity index (χ0n) is 10.2. The topological polar surface area (TPSA) is 59.4 Å². The van der Waals surface area contributed by atoms with Crippen molar-refractivity contribution in [2.75, 3.05) is 7.11 Å². The van der Waals surface area contributed by atoms with E-state index in [-0.39, 0.29) is 5.56 Å². The average Bonchev–Trinajstić information content (AvgIpc) is 2.38. The highest BCUT2D eigenvalue weighted by atomic mass is 16.5. The van der Waals surface area contributed by atoms with Gasteiger partial charge in [0.1, 0.15) is 5.75 Å². The summed E-state index contributed by atoms with van der Waals surface area (Å²) in [5.41, 5.74) is 2.44. The molecule has 4 heteroatoms. The van der Waals surface area contributed by atoms with Crippen molar-refractivity contribution in [3.8, 4) is 16.9 Å². The molecule has 0 unspecified atom stereocenters. The van der Waals surface area contributed by atoms with E-state index in [2.05, 4.69) is 4.98 Å². The second-order valence-electron chi connectivity index (χ2n) is 3.93. The lowest BCUT2D eigenvalue weighted by atomic mass is 9.98. The van der Waals surface area contributed by atoms with Crippen LogP contribution in [0.1, 0.15) is 15.9 Å². The number of nitrogens with zero attached hydrogens (tertiary/aromatic N) is 1. The smallest absolute Gasteiger partial charge is 0.336 e. The predicted molar refractivity (Wildman–Crippen MR) is 67.9 cm³/mol. The molecule has 0 fully saturated rings. The number of rotatable bonds is 3. The van der Waals surface area contributed by atoms with E-state index >= 15 is 0 Å². The molecular weight excluding hydrogens is 230 g/mol. The van der Waals surface area contributed by atoms with E-state index in [1.165, 1.54) is 0 Å². The van der Waals surface area contributed by atoms with E-state index in [9.17, 15) is 9.90 Å². The fourth-order valence-electron chi connectivity index (χ4n) is 1.83.